The number of aromatic nitrogens is 1. The lowest BCUT2D eigenvalue weighted by Crippen LogP contribution is -2.13. The molecule has 1 N–H and O–H groups in total. The van der Waals surface area contributed by atoms with E-state index in [1.807, 2.05) is 0 Å². The van der Waals surface area contributed by atoms with Crippen LogP contribution in [-0.2, 0) is 6.18 Å². The molecule has 0 amide bonds. The second-order valence-electron chi connectivity index (χ2n) is 3.19. The summed E-state index contributed by atoms with van der Waals surface area (Å²) in [6, 6.07) is 4.34. The Morgan fingerprint density at radius 3 is 2.56 bits per heavy atom. The molecule has 2 rings (SSSR count). The van der Waals surface area contributed by atoms with Gasteiger partial charge in [0.1, 0.15) is 0 Å². The van der Waals surface area contributed by atoms with Crippen molar-refractivity contribution in [2.75, 3.05) is 0 Å². The Balaban J connectivity index is 2.98. The summed E-state index contributed by atoms with van der Waals surface area (Å²) in [4.78, 5) is 13.4. The Labute approximate surface area is 96.2 Å². The van der Waals surface area contributed by atoms with Gasteiger partial charge in [0, 0.05) is 21.4 Å². The number of halogens is 4. The first-order valence-electron chi connectivity index (χ1n) is 4.28. The van der Waals surface area contributed by atoms with E-state index in [0.29, 0.717) is 6.20 Å². The molecule has 0 saturated heterocycles. The van der Waals surface area contributed by atoms with Gasteiger partial charge in [-0.2, -0.15) is 13.2 Å². The van der Waals surface area contributed by atoms with Crippen molar-refractivity contribution in [2.24, 2.45) is 0 Å². The molecule has 1 aromatic carbocycles. The topological polar surface area (TPSA) is 32.9 Å². The Bertz CT molecular complexity index is 603. The average Bonchev–Trinajstić information content (AvgIpc) is 2.18. The number of fused-ring (bicyclic) bond motifs is 1. The van der Waals surface area contributed by atoms with Gasteiger partial charge in [0.05, 0.1) is 5.56 Å². The highest BCUT2D eigenvalue weighted by molar-refractivity contribution is 9.10. The van der Waals surface area contributed by atoms with E-state index in [4.69, 9.17) is 0 Å². The van der Waals surface area contributed by atoms with Crippen molar-refractivity contribution < 1.29 is 13.2 Å². The van der Waals surface area contributed by atoms with Gasteiger partial charge >= 0.3 is 6.18 Å². The summed E-state index contributed by atoms with van der Waals surface area (Å²) in [5, 5.41) is -0.0945. The third-order valence-corrected chi connectivity index (χ3v) is 2.84. The van der Waals surface area contributed by atoms with Crippen LogP contribution in [0.5, 0.6) is 0 Å². The number of aromatic amines is 1. The molecule has 0 spiro atoms. The van der Waals surface area contributed by atoms with Gasteiger partial charge in [-0.1, -0.05) is 22.0 Å². The normalized spacial score (nSPS) is 12.0. The average molecular weight is 292 g/mol. The fourth-order valence-corrected chi connectivity index (χ4v) is 2.08. The highest BCUT2D eigenvalue weighted by atomic mass is 79.9. The molecule has 0 aliphatic rings. The number of hydrogen-bond donors (Lipinski definition) is 1. The van der Waals surface area contributed by atoms with Gasteiger partial charge in [0.25, 0.3) is 5.56 Å². The van der Waals surface area contributed by atoms with E-state index in [9.17, 15) is 18.0 Å². The minimum absolute atomic E-state index is 0.0178. The fraction of sp³-hybridized carbons (Fsp3) is 0.100. The molecular weight excluding hydrogens is 287 g/mol. The van der Waals surface area contributed by atoms with Crippen molar-refractivity contribution in [2.45, 2.75) is 6.18 Å². The predicted molar refractivity (Wildman–Crippen MR) is 57.3 cm³/mol. The molecule has 0 bridgehead atoms. The standard InChI is InChI=1S/C10H5BrF3NO/c11-7-3-1-2-5-8(7)6(10(12,13)14)4-15-9(5)16/h1-4H,(H,15,16). The van der Waals surface area contributed by atoms with E-state index in [2.05, 4.69) is 20.9 Å². The van der Waals surface area contributed by atoms with Gasteiger partial charge in [-0.3, -0.25) is 4.79 Å². The van der Waals surface area contributed by atoms with Crippen LogP contribution < -0.4 is 5.56 Å². The van der Waals surface area contributed by atoms with Crippen molar-refractivity contribution in [3.63, 3.8) is 0 Å². The molecule has 0 aliphatic carbocycles. The number of nitrogens with one attached hydrogen (secondary N) is 1. The van der Waals surface area contributed by atoms with Crippen LogP contribution in [0.1, 0.15) is 5.56 Å². The van der Waals surface area contributed by atoms with E-state index in [1.54, 1.807) is 0 Å². The number of pyridine rings is 1. The highest BCUT2D eigenvalue weighted by Gasteiger charge is 2.33. The van der Waals surface area contributed by atoms with Crippen LogP contribution in [0.4, 0.5) is 13.2 Å². The zero-order valence-corrected chi connectivity index (χ0v) is 9.32. The summed E-state index contributed by atoms with van der Waals surface area (Å²) in [7, 11) is 0. The monoisotopic (exact) mass is 291 g/mol. The second kappa shape index (κ2) is 3.62. The molecule has 6 heteroatoms. The first-order valence-corrected chi connectivity index (χ1v) is 5.07. The molecule has 0 saturated carbocycles. The number of hydrogen-bond acceptors (Lipinski definition) is 1. The Hall–Kier alpha value is -1.30. The number of rotatable bonds is 0. The molecule has 84 valence electrons. The molecule has 2 nitrogen and oxygen atoms in total. The van der Waals surface area contributed by atoms with Crippen LogP contribution in [0.3, 0.4) is 0 Å². The summed E-state index contributed by atoms with van der Waals surface area (Å²) in [5.41, 5.74) is -1.39. The molecule has 0 atom stereocenters. The van der Waals surface area contributed by atoms with Crippen LogP contribution in [0, 0.1) is 0 Å². The first kappa shape index (κ1) is 11.2. The minimum Gasteiger partial charge on any atom is -0.328 e. The molecular formula is C10H5BrF3NO. The van der Waals surface area contributed by atoms with Crippen molar-refractivity contribution >= 4 is 26.7 Å². The van der Waals surface area contributed by atoms with Gasteiger partial charge in [0.2, 0.25) is 0 Å². The Morgan fingerprint density at radius 1 is 1.25 bits per heavy atom. The quantitative estimate of drug-likeness (QED) is 0.794. The van der Waals surface area contributed by atoms with E-state index in [0.717, 1.165) is 0 Å². The minimum atomic E-state index is -4.49. The molecule has 1 aromatic heterocycles. The van der Waals surface area contributed by atoms with Gasteiger partial charge in [-0.15, -0.1) is 0 Å². The lowest BCUT2D eigenvalue weighted by molar-refractivity contribution is -0.136. The lowest BCUT2D eigenvalue weighted by atomic mass is 10.1. The largest absolute Gasteiger partial charge is 0.418 e. The smallest absolute Gasteiger partial charge is 0.328 e. The van der Waals surface area contributed by atoms with Gasteiger partial charge in [0.15, 0.2) is 0 Å². The molecule has 16 heavy (non-hydrogen) atoms. The summed E-state index contributed by atoms with van der Waals surface area (Å²) >= 11 is 3.02. The molecule has 2 aromatic rings. The maximum atomic E-state index is 12.7. The lowest BCUT2D eigenvalue weighted by Gasteiger charge is -2.10. The summed E-state index contributed by atoms with van der Waals surface area (Å²) < 4.78 is 38.3. The number of alkyl halides is 3. The number of H-pyrrole nitrogens is 1. The SMILES string of the molecule is O=c1[nH]cc(C(F)(F)F)c2c(Br)cccc12. The van der Waals surface area contributed by atoms with Crippen molar-refractivity contribution in [1.82, 2.24) is 4.98 Å². The fourth-order valence-electron chi connectivity index (χ4n) is 1.50. The molecule has 0 aliphatic heterocycles. The predicted octanol–water partition coefficient (Wildman–Crippen LogP) is 3.31. The van der Waals surface area contributed by atoms with E-state index < -0.39 is 17.3 Å². The van der Waals surface area contributed by atoms with Crippen molar-refractivity contribution in [3.8, 4) is 0 Å². The Kier molecular flexibility index (Phi) is 2.53. The van der Waals surface area contributed by atoms with Crippen LogP contribution in [0.15, 0.2) is 33.7 Å². The van der Waals surface area contributed by atoms with Crippen molar-refractivity contribution in [1.29, 1.82) is 0 Å². The summed E-state index contributed by atoms with van der Waals surface area (Å²) in [6.45, 7) is 0. The maximum absolute atomic E-state index is 12.7. The zero-order chi connectivity index (χ0) is 11.9. The van der Waals surface area contributed by atoms with Gasteiger partial charge in [-0.25, -0.2) is 0 Å². The molecule has 0 unspecified atom stereocenters. The third-order valence-electron chi connectivity index (χ3n) is 2.18. The van der Waals surface area contributed by atoms with E-state index >= 15 is 0 Å². The molecule has 1 heterocycles. The summed E-state index contributed by atoms with van der Waals surface area (Å²) in [5.74, 6) is 0. The van der Waals surface area contributed by atoms with Crippen LogP contribution >= 0.6 is 15.9 Å². The first-order chi connectivity index (χ1) is 7.41. The van der Waals surface area contributed by atoms with Gasteiger partial charge in [-0.05, 0) is 12.1 Å². The van der Waals surface area contributed by atoms with Crippen LogP contribution in [0.25, 0.3) is 10.8 Å². The second-order valence-corrected chi connectivity index (χ2v) is 4.05. The Morgan fingerprint density at radius 2 is 1.94 bits per heavy atom. The molecule has 0 fully saturated rings. The number of benzene rings is 1. The third kappa shape index (κ3) is 1.73. The van der Waals surface area contributed by atoms with Crippen molar-refractivity contribution in [3.05, 3.63) is 44.8 Å². The summed E-state index contributed by atoms with van der Waals surface area (Å²) in [6.07, 6.45) is -3.80. The van der Waals surface area contributed by atoms with E-state index in [-0.39, 0.29) is 15.2 Å². The maximum Gasteiger partial charge on any atom is 0.418 e. The van der Waals surface area contributed by atoms with E-state index in [1.165, 1.54) is 18.2 Å². The van der Waals surface area contributed by atoms with Gasteiger partial charge < -0.3 is 4.98 Å². The molecule has 0 radical (unpaired) electrons. The highest BCUT2D eigenvalue weighted by Crippen LogP contribution is 2.36. The zero-order valence-electron chi connectivity index (χ0n) is 7.73. The van der Waals surface area contributed by atoms with Crippen LogP contribution in [-0.4, -0.2) is 4.98 Å². The van der Waals surface area contributed by atoms with Crippen LogP contribution in [0.2, 0.25) is 0 Å².